The molecule has 0 aromatic carbocycles. The molecule has 0 aliphatic heterocycles. The van der Waals surface area contributed by atoms with Gasteiger partial charge in [-0.25, -0.2) is 0 Å². The van der Waals surface area contributed by atoms with Crippen LogP contribution in [-0.2, 0) is 4.79 Å². The minimum absolute atomic E-state index is 0.279. The van der Waals surface area contributed by atoms with E-state index in [1.807, 2.05) is 0 Å². The lowest BCUT2D eigenvalue weighted by Gasteiger charge is -2.15. The van der Waals surface area contributed by atoms with Crippen molar-refractivity contribution in [1.82, 2.24) is 4.90 Å². The highest BCUT2D eigenvalue weighted by atomic mass is 16.4. The third-order valence-corrected chi connectivity index (χ3v) is 3.30. The molecule has 0 saturated heterocycles. The van der Waals surface area contributed by atoms with E-state index >= 15 is 0 Å². The first-order valence-corrected chi connectivity index (χ1v) is 8.17. The number of aliphatic hydroxyl groups excluding tert-OH is 1. The Morgan fingerprint density at radius 3 is 1.75 bits per heavy atom. The molecule has 0 spiro atoms. The van der Waals surface area contributed by atoms with Gasteiger partial charge in [-0.1, -0.05) is 59.3 Å². The van der Waals surface area contributed by atoms with Crippen molar-refractivity contribution in [1.29, 1.82) is 0 Å². The van der Waals surface area contributed by atoms with E-state index in [1.54, 1.807) is 0 Å². The molecule has 0 atom stereocenters. The van der Waals surface area contributed by atoms with Crippen LogP contribution in [0.5, 0.6) is 0 Å². The third kappa shape index (κ3) is 19.7. The van der Waals surface area contributed by atoms with Gasteiger partial charge in [-0.3, -0.25) is 4.79 Å². The van der Waals surface area contributed by atoms with Gasteiger partial charge in [0.25, 0.3) is 0 Å². The van der Waals surface area contributed by atoms with Crippen molar-refractivity contribution >= 4 is 5.97 Å². The summed E-state index contributed by atoms with van der Waals surface area (Å²) in [5.74, 6) is -0.663. The zero-order valence-electron chi connectivity index (χ0n) is 13.7. The molecule has 0 unspecified atom stereocenters. The van der Waals surface area contributed by atoms with E-state index < -0.39 is 5.97 Å². The Labute approximate surface area is 125 Å². The number of carboxylic acid groups (broad SMARTS) is 1. The smallest absolute Gasteiger partial charge is 0.303 e. The molecule has 0 aliphatic carbocycles. The lowest BCUT2D eigenvalue weighted by atomic mass is 10.1. The largest absolute Gasteiger partial charge is 0.481 e. The Morgan fingerprint density at radius 1 is 0.900 bits per heavy atom. The van der Waals surface area contributed by atoms with E-state index in [9.17, 15) is 4.79 Å². The Kier molecular flexibility index (Phi) is 19.9. The molecular weight excluding hydrogens is 254 g/mol. The van der Waals surface area contributed by atoms with Crippen molar-refractivity contribution in [2.45, 2.75) is 72.1 Å². The molecular formula is C16H35NO3. The number of likely N-dealkylation sites (N-methyl/N-ethyl adjacent to an activating group) is 1. The molecule has 122 valence electrons. The predicted molar refractivity (Wildman–Crippen MR) is 85.1 cm³/mol. The number of nitrogens with zero attached hydrogens (tertiary/aromatic N) is 1. The molecule has 0 bridgehead atoms. The zero-order chi connectivity index (χ0) is 15.6. The quantitative estimate of drug-likeness (QED) is 0.540. The van der Waals surface area contributed by atoms with Gasteiger partial charge in [-0.2, -0.15) is 0 Å². The first-order chi connectivity index (χ1) is 9.62. The number of hydrogen-bond acceptors (Lipinski definition) is 3. The van der Waals surface area contributed by atoms with Crippen molar-refractivity contribution in [3.63, 3.8) is 0 Å². The van der Waals surface area contributed by atoms with Gasteiger partial charge in [-0.05, 0) is 19.5 Å². The standard InChI is InChI=1S/C10H20O2.C6H15NO/c1-2-3-4-5-6-7-8-9-10(11)12;1-3-7(4-2)5-6-8/h2-9H2,1H3,(H,11,12);8H,3-6H2,1-2H3. The molecule has 4 nitrogen and oxygen atoms in total. The van der Waals surface area contributed by atoms with Crippen LogP contribution < -0.4 is 0 Å². The van der Waals surface area contributed by atoms with Crippen LogP contribution in [0.3, 0.4) is 0 Å². The monoisotopic (exact) mass is 289 g/mol. The Hall–Kier alpha value is -0.610. The van der Waals surface area contributed by atoms with Gasteiger partial charge < -0.3 is 15.1 Å². The van der Waals surface area contributed by atoms with Crippen LogP contribution in [-0.4, -0.2) is 47.3 Å². The second-order valence-electron chi connectivity index (χ2n) is 5.02. The van der Waals surface area contributed by atoms with Crippen molar-refractivity contribution in [2.24, 2.45) is 0 Å². The van der Waals surface area contributed by atoms with Gasteiger partial charge >= 0.3 is 5.97 Å². The fraction of sp³-hybridized carbons (Fsp3) is 0.938. The van der Waals surface area contributed by atoms with Crippen molar-refractivity contribution in [2.75, 3.05) is 26.2 Å². The summed E-state index contributed by atoms with van der Waals surface area (Å²) in [6.07, 6.45) is 8.64. The van der Waals surface area contributed by atoms with Crippen LogP contribution >= 0.6 is 0 Å². The van der Waals surface area contributed by atoms with Gasteiger partial charge in [0.1, 0.15) is 0 Å². The molecule has 0 aliphatic rings. The lowest BCUT2D eigenvalue weighted by Crippen LogP contribution is -2.25. The molecule has 0 aromatic rings. The minimum atomic E-state index is -0.663. The number of hydrogen-bond donors (Lipinski definition) is 2. The summed E-state index contributed by atoms with van der Waals surface area (Å²) in [6, 6.07) is 0. The number of aliphatic carboxylic acids is 1. The summed E-state index contributed by atoms with van der Waals surface area (Å²) in [6.45, 7) is 9.56. The summed E-state index contributed by atoms with van der Waals surface area (Å²) in [5, 5.41) is 16.8. The van der Waals surface area contributed by atoms with Gasteiger partial charge in [0.15, 0.2) is 0 Å². The highest BCUT2D eigenvalue weighted by Gasteiger charge is 1.95. The second-order valence-corrected chi connectivity index (χ2v) is 5.02. The van der Waals surface area contributed by atoms with Crippen LogP contribution in [0.1, 0.15) is 72.1 Å². The first-order valence-electron chi connectivity index (χ1n) is 8.17. The number of unbranched alkanes of at least 4 members (excludes halogenated alkanes) is 6. The maximum absolute atomic E-state index is 10.1. The topological polar surface area (TPSA) is 60.8 Å². The molecule has 20 heavy (non-hydrogen) atoms. The van der Waals surface area contributed by atoms with E-state index in [1.165, 1.54) is 32.1 Å². The number of carbonyl (C=O) groups is 1. The maximum atomic E-state index is 10.1. The van der Waals surface area contributed by atoms with E-state index in [2.05, 4.69) is 25.7 Å². The molecule has 0 saturated carbocycles. The molecule has 4 heteroatoms. The molecule has 0 rings (SSSR count). The fourth-order valence-corrected chi connectivity index (χ4v) is 1.91. The van der Waals surface area contributed by atoms with Crippen LogP contribution in [0.15, 0.2) is 0 Å². The summed E-state index contributed by atoms with van der Waals surface area (Å²) in [4.78, 5) is 12.3. The van der Waals surface area contributed by atoms with E-state index in [4.69, 9.17) is 10.2 Å². The molecule has 0 fully saturated rings. The summed E-state index contributed by atoms with van der Waals surface area (Å²) in [7, 11) is 0. The summed E-state index contributed by atoms with van der Waals surface area (Å²) < 4.78 is 0. The van der Waals surface area contributed by atoms with Gasteiger partial charge in [0.2, 0.25) is 0 Å². The Balaban J connectivity index is 0. The minimum Gasteiger partial charge on any atom is -0.481 e. The molecule has 0 amide bonds. The van der Waals surface area contributed by atoms with Crippen molar-refractivity contribution < 1.29 is 15.0 Å². The van der Waals surface area contributed by atoms with Gasteiger partial charge in [0, 0.05) is 13.0 Å². The summed E-state index contributed by atoms with van der Waals surface area (Å²) >= 11 is 0. The van der Waals surface area contributed by atoms with Crippen molar-refractivity contribution in [3.8, 4) is 0 Å². The molecule has 0 heterocycles. The third-order valence-electron chi connectivity index (χ3n) is 3.30. The van der Waals surface area contributed by atoms with E-state index in [0.29, 0.717) is 6.42 Å². The van der Waals surface area contributed by atoms with Crippen LogP contribution in [0.4, 0.5) is 0 Å². The van der Waals surface area contributed by atoms with Crippen LogP contribution in [0, 0.1) is 0 Å². The second kappa shape index (κ2) is 18.4. The molecule has 2 N–H and O–H groups in total. The number of rotatable bonds is 12. The highest BCUT2D eigenvalue weighted by Crippen LogP contribution is 2.07. The van der Waals surface area contributed by atoms with Gasteiger partial charge in [-0.15, -0.1) is 0 Å². The van der Waals surface area contributed by atoms with E-state index in [-0.39, 0.29) is 6.61 Å². The molecule has 0 radical (unpaired) electrons. The average molecular weight is 289 g/mol. The van der Waals surface area contributed by atoms with E-state index in [0.717, 1.165) is 32.5 Å². The SMILES string of the molecule is CCCCCCCCCC(=O)O.CCN(CC)CCO. The number of aliphatic hydroxyl groups is 1. The highest BCUT2D eigenvalue weighted by molar-refractivity contribution is 5.66. The Bertz CT molecular complexity index is 194. The lowest BCUT2D eigenvalue weighted by molar-refractivity contribution is -0.137. The van der Waals surface area contributed by atoms with Gasteiger partial charge in [0.05, 0.1) is 6.61 Å². The first kappa shape index (κ1) is 21.7. The van der Waals surface area contributed by atoms with Crippen LogP contribution in [0.25, 0.3) is 0 Å². The normalized spacial score (nSPS) is 10.2. The van der Waals surface area contributed by atoms with Crippen LogP contribution in [0.2, 0.25) is 0 Å². The fourth-order valence-electron chi connectivity index (χ4n) is 1.91. The maximum Gasteiger partial charge on any atom is 0.303 e. The number of carboxylic acids is 1. The molecule has 0 aromatic heterocycles. The average Bonchev–Trinajstić information content (AvgIpc) is 2.44. The summed E-state index contributed by atoms with van der Waals surface area (Å²) in [5.41, 5.74) is 0. The van der Waals surface area contributed by atoms with Crippen molar-refractivity contribution in [3.05, 3.63) is 0 Å². The Morgan fingerprint density at radius 2 is 1.40 bits per heavy atom. The predicted octanol–water partition coefficient (Wildman–Crippen LogP) is 3.53. The zero-order valence-corrected chi connectivity index (χ0v) is 13.7.